The molecule has 1 heterocycles. The quantitative estimate of drug-likeness (QED) is 0.448. The number of aromatic amines is 1. The molecular formula is C14H11Cl2N3O2S. The number of hydrogen-bond donors (Lipinski definition) is 3. The topological polar surface area (TPSA) is 78.7 Å². The van der Waals surface area contributed by atoms with Crippen LogP contribution in [0.3, 0.4) is 0 Å². The Kier molecular flexibility index (Phi) is 4.95. The van der Waals surface area contributed by atoms with Gasteiger partial charge in [-0.2, -0.15) is 4.68 Å². The zero-order valence-corrected chi connectivity index (χ0v) is 13.8. The minimum absolute atomic E-state index is 0.287. The minimum Gasteiger partial charge on any atom is -0.288 e. The van der Waals surface area contributed by atoms with Crippen molar-refractivity contribution in [2.75, 3.05) is 0 Å². The van der Waals surface area contributed by atoms with Crippen molar-refractivity contribution in [2.45, 2.75) is 6.92 Å². The Morgan fingerprint density at radius 1 is 1.27 bits per heavy atom. The number of thiol groups is 1. The van der Waals surface area contributed by atoms with Crippen LogP contribution in [0.25, 0.3) is 11.3 Å². The van der Waals surface area contributed by atoms with E-state index in [9.17, 15) is 9.59 Å². The van der Waals surface area contributed by atoms with Crippen LogP contribution in [0.1, 0.15) is 10.4 Å². The number of hydrogen-bond acceptors (Lipinski definition) is 4. The van der Waals surface area contributed by atoms with Gasteiger partial charge in [0.2, 0.25) is 0 Å². The van der Waals surface area contributed by atoms with Gasteiger partial charge in [0.05, 0.1) is 15.6 Å². The molecule has 0 fully saturated rings. The van der Waals surface area contributed by atoms with Crippen LogP contribution in [-0.4, -0.2) is 20.9 Å². The lowest BCUT2D eigenvalue weighted by atomic mass is 10.1. The highest BCUT2D eigenvalue weighted by Crippen LogP contribution is 2.21. The second-order valence-electron chi connectivity index (χ2n) is 4.40. The van der Waals surface area contributed by atoms with E-state index in [-0.39, 0.29) is 9.94 Å². The molecule has 5 nitrogen and oxygen atoms in total. The summed E-state index contributed by atoms with van der Waals surface area (Å²) in [4.78, 5) is 24.2. The number of nitrogens with zero attached hydrogens (tertiary/aromatic N) is 1. The Morgan fingerprint density at radius 3 is 2.41 bits per heavy atom. The standard InChI is InChI=1S/C14H11Cl2N3O2S/c1-7-10(8-5-3-2-4-6-8)18-19(13(7)20)14(21)11(22)9(15)12(16)17/h2-6,17-18,22H,1H3/b11-9+,17-12?. The third-order valence-corrected chi connectivity index (χ3v) is 4.20. The van der Waals surface area contributed by atoms with E-state index in [0.717, 1.165) is 10.2 Å². The van der Waals surface area contributed by atoms with Crippen molar-refractivity contribution in [3.63, 3.8) is 0 Å². The molecule has 0 saturated heterocycles. The molecule has 0 aliphatic carbocycles. The van der Waals surface area contributed by atoms with Crippen LogP contribution >= 0.6 is 35.8 Å². The first-order valence-electron chi connectivity index (χ1n) is 6.09. The largest absolute Gasteiger partial charge is 0.288 e. The first-order chi connectivity index (χ1) is 10.3. The van der Waals surface area contributed by atoms with Gasteiger partial charge < -0.3 is 0 Å². The van der Waals surface area contributed by atoms with E-state index in [0.29, 0.717) is 11.3 Å². The van der Waals surface area contributed by atoms with Crippen LogP contribution < -0.4 is 5.56 Å². The van der Waals surface area contributed by atoms with E-state index >= 15 is 0 Å². The highest BCUT2D eigenvalue weighted by molar-refractivity contribution is 7.85. The lowest BCUT2D eigenvalue weighted by Crippen LogP contribution is -2.26. The summed E-state index contributed by atoms with van der Waals surface area (Å²) in [6.07, 6.45) is 0. The molecule has 0 unspecified atom stereocenters. The van der Waals surface area contributed by atoms with Crippen LogP contribution in [-0.2, 0) is 0 Å². The van der Waals surface area contributed by atoms with Gasteiger partial charge in [-0.15, -0.1) is 12.6 Å². The van der Waals surface area contributed by atoms with Crippen molar-refractivity contribution in [2.24, 2.45) is 0 Å². The maximum atomic E-state index is 12.3. The Bertz CT molecular complexity index is 838. The highest BCUT2D eigenvalue weighted by atomic mass is 35.5. The number of H-pyrrole nitrogens is 1. The first-order valence-corrected chi connectivity index (χ1v) is 7.29. The number of allylic oxidation sites excluding steroid dienone is 2. The molecular weight excluding hydrogens is 345 g/mol. The van der Waals surface area contributed by atoms with Gasteiger partial charge in [-0.3, -0.25) is 20.1 Å². The number of rotatable bonds is 3. The van der Waals surface area contributed by atoms with Gasteiger partial charge in [-0.05, 0) is 12.5 Å². The van der Waals surface area contributed by atoms with Crippen molar-refractivity contribution in [3.8, 4) is 11.3 Å². The van der Waals surface area contributed by atoms with Gasteiger partial charge in [0.25, 0.3) is 11.5 Å². The van der Waals surface area contributed by atoms with Crippen LogP contribution in [0.4, 0.5) is 0 Å². The molecule has 22 heavy (non-hydrogen) atoms. The van der Waals surface area contributed by atoms with Crippen LogP contribution in [0.5, 0.6) is 0 Å². The second kappa shape index (κ2) is 6.56. The Labute approximate surface area is 141 Å². The van der Waals surface area contributed by atoms with E-state index in [1.54, 1.807) is 6.92 Å². The molecule has 0 bridgehead atoms. The Balaban J connectivity index is 2.56. The van der Waals surface area contributed by atoms with Gasteiger partial charge in [0, 0.05) is 5.56 Å². The summed E-state index contributed by atoms with van der Waals surface area (Å²) in [5.74, 6) is -0.783. The fraction of sp³-hybridized carbons (Fsp3) is 0.0714. The lowest BCUT2D eigenvalue weighted by molar-refractivity contribution is 0.0946. The van der Waals surface area contributed by atoms with E-state index in [2.05, 4.69) is 17.7 Å². The number of nitrogens with one attached hydrogen (secondary N) is 2. The molecule has 2 rings (SSSR count). The maximum Gasteiger partial charge on any atom is 0.287 e. The van der Waals surface area contributed by atoms with E-state index < -0.39 is 16.6 Å². The molecule has 8 heteroatoms. The molecule has 0 aliphatic heterocycles. The number of carbonyl (C=O) groups excluding carboxylic acids is 1. The summed E-state index contributed by atoms with van der Waals surface area (Å²) in [7, 11) is 0. The van der Waals surface area contributed by atoms with E-state index in [1.807, 2.05) is 30.3 Å². The zero-order valence-electron chi connectivity index (χ0n) is 11.4. The highest BCUT2D eigenvalue weighted by Gasteiger charge is 2.21. The molecule has 0 radical (unpaired) electrons. The molecule has 0 aliphatic rings. The summed E-state index contributed by atoms with van der Waals surface area (Å²) in [6, 6.07) is 9.11. The van der Waals surface area contributed by atoms with Crippen molar-refractivity contribution >= 4 is 46.9 Å². The predicted octanol–water partition coefficient (Wildman–Crippen LogP) is 3.39. The summed E-state index contributed by atoms with van der Waals surface area (Å²) in [5.41, 5.74) is 1.17. The Morgan fingerprint density at radius 2 is 1.86 bits per heavy atom. The summed E-state index contributed by atoms with van der Waals surface area (Å²) < 4.78 is 0.794. The third kappa shape index (κ3) is 3.04. The fourth-order valence-corrected chi connectivity index (χ4v) is 2.31. The number of aromatic nitrogens is 2. The Hall–Kier alpha value is -1.76. The second-order valence-corrected chi connectivity index (χ2v) is 5.60. The van der Waals surface area contributed by atoms with Gasteiger partial charge in [-0.25, -0.2) is 0 Å². The molecule has 0 saturated carbocycles. The van der Waals surface area contributed by atoms with Crippen molar-refractivity contribution < 1.29 is 4.79 Å². The smallest absolute Gasteiger partial charge is 0.287 e. The zero-order chi connectivity index (χ0) is 16.4. The van der Waals surface area contributed by atoms with E-state index in [1.165, 1.54) is 0 Å². The summed E-state index contributed by atoms with van der Waals surface area (Å²) in [6.45, 7) is 1.61. The maximum absolute atomic E-state index is 12.3. The minimum atomic E-state index is -0.783. The average molecular weight is 356 g/mol. The van der Waals surface area contributed by atoms with Gasteiger partial charge in [0.1, 0.15) is 5.17 Å². The average Bonchev–Trinajstić information content (AvgIpc) is 2.82. The third-order valence-electron chi connectivity index (χ3n) is 2.99. The summed E-state index contributed by atoms with van der Waals surface area (Å²) >= 11 is 15.1. The van der Waals surface area contributed by atoms with Gasteiger partial charge in [-0.1, -0.05) is 53.5 Å². The van der Waals surface area contributed by atoms with Gasteiger partial charge in [0.15, 0.2) is 0 Å². The van der Waals surface area contributed by atoms with E-state index in [4.69, 9.17) is 28.6 Å². The molecule has 0 spiro atoms. The molecule has 2 aromatic rings. The molecule has 1 aromatic carbocycles. The van der Waals surface area contributed by atoms with Crippen LogP contribution in [0.2, 0.25) is 0 Å². The van der Waals surface area contributed by atoms with Crippen molar-refractivity contribution in [1.82, 2.24) is 9.78 Å². The number of halogens is 2. The van der Waals surface area contributed by atoms with Gasteiger partial charge >= 0.3 is 0 Å². The number of benzene rings is 1. The normalized spacial score (nSPS) is 12.0. The fourth-order valence-electron chi connectivity index (χ4n) is 1.85. The molecule has 1 aromatic heterocycles. The van der Waals surface area contributed by atoms with Crippen LogP contribution in [0.15, 0.2) is 45.1 Å². The monoisotopic (exact) mass is 355 g/mol. The SMILES string of the molecule is Cc1c(-c2ccccc2)[nH]n(C(=O)/C(S)=C(\Cl)C(=N)Cl)c1=O. The number of carbonyl (C=O) groups is 1. The van der Waals surface area contributed by atoms with Crippen molar-refractivity contribution in [3.05, 3.63) is 56.2 Å². The van der Waals surface area contributed by atoms with Crippen molar-refractivity contribution in [1.29, 1.82) is 5.41 Å². The molecule has 0 amide bonds. The molecule has 114 valence electrons. The predicted molar refractivity (Wildman–Crippen MR) is 91.3 cm³/mol. The lowest BCUT2D eigenvalue weighted by Gasteiger charge is -2.03. The molecule has 2 N–H and O–H groups in total. The first kappa shape index (κ1) is 16.6. The molecule has 0 atom stereocenters. The van der Waals surface area contributed by atoms with Crippen LogP contribution in [0, 0.1) is 12.3 Å². The summed E-state index contributed by atoms with van der Waals surface area (Å²) in [5, 5.41) is 9.09.